The molecule has 1 unspecified atom stereocenters. The average Bonchev–Trinajstić information content (AvgIpc) is 2.27. The summed E-state index contributed by atoms with van der Waals surface area (Å²) in [4.78, 5) is 13.2. The van der Waals surface area contributed by atoms with Crippen LogP contribution in [0.5, 0.6) is 0 Å². The molecular weight excluding hydrogens is 221 g/mol. The number of nitrogens with two attached hydrogens (primary N) is 1. The number of nitrogens with one attached hydrogen (secondary N) is 1. The first-order chi connectivity index (χ1) is 7.95. The zero-order chi connectivity index (χ0) is 13.0. The SMILES string of the molecule is CNC(=O)C(C)CN(C)c1ccc(F)cc1N. The number of anilines is 2. The number of carbonyl (C=O) groups is 1. The third-order valence-electron chi connectivity index (χ3n) is 2.64. The molecule has 94 valence electrons. The summed E-state index contributed by atoms with van der Waals surface area (Å²) in [7, 11) is 3.42. The van der Waals surface area contributed by atoms with Crippen LogP contribution >= 0.6 is 0 Å². The molecule has 0 saturated heterocycles. The summed E-state index contributed by atoms with van der Waals surface area (Å²) in [6.45, 7) is 2.35. The van der Waals surface area contributed by atoms with Crippen molar-refractivity contribution in [3.63, 3.8) is 0 Å². The summed E-state index contributed by atoms with van der Waals surface area (Å²) in [6.07, 6.45) is 0. The quantitative estimate of drug-likeness (QED) is 0.777. The van der Waals surface area contributed by atoms with Crippen LogP contribution in [0.2, 0.25) is 0 Å². The van der Waals surface area contributed by atoms with Crippen molar-refractivity contribution in [2.45, 2.75) is 6.92 Å². The zero-order valence-corrected chi connectivity index (χ0v) is 10.3. The first-order valence-electron chi connectivity index (χ1n) is 5.43. The van der Waals surface area contributed by atoms with Crippen molar-refractivity contribution in [3.8, 4) is 0 Å². The molecule has 4 nitrogen and oxygen atoms in total. The van der Waals surface area contributed by atoms with Crippen molar-refractivity contribution in [2.75, 3.05) is 31.3 Å². The summed E-state index contributed by atoms with van der Waals surface area (Å²) >= 11 is 0. The number of hydrogen-bond acceptors (Lipinski definition) is 3. The van der Waals surface area contributed by atoms with Gasteiger partial charge in [-0.25, -0.2) is 4.39 Å². The van der Waals surface area contributed by atoms with E-state index in [1.165, 1.54) is 12.1 Å². The van der Waals surface area contributed by atoms with E-state index in [2.05, 4.69) is 5.32 Å². The summed E-state index contributed by atoms with van der Waals surface area (Å²) in [5, 5.41) is 2.59. The molecule has 0 heterocycles. The third-order valence-corrected chi connectivity index (χ3v) is 2.64. The lowest BCUT2D eigenvalue weighted by atomic mass is 10.1. The van der Waals surface area contributed by atoms with Crippen LogP contribution in [0.15, 0.2) is 18.2 Å². The number of halogens is 1. The lowest BCUT2D eigenvalue weighted by molar-refractivity contribution is -0.123. The van der Waals surface area contributed by atoms with Gasteiger partial charge in [-0.05, 0) is 18.2 Å². The van der Waals surface area contributed by atoms with E-state index in [4.69, 9.17) is 5.73 Å². The van der Waals surface area contributed by atoms with Crippen LogP contribution in [0.4, 0.5) is 15.8 Å². The van der Waals surface area contributed by atoms with E-state index in [1.807, 2.05) is 18.9 Å². The van der Waals surface area contributed by atoms with Crippen LogP contribution in [-0.2, 0) is 4.79 Å². The monoisotopic (exact) mass is 239 g/mol. The maximum Gasteiger partial charge on any atom is 0.224 e. The largest absolute Gasteiger partial charge is 0.397 e. The molecule has 17 heavy (non-hydrogen) atoms. The number of amides is 1. The highest BCUT2D eigenvalue weighted by atomic mass is 19.1. The topological polar surface area (TPSA) is 58.4 Å². The van der Waals surface area contributed by atoms with E-state index < -0.39 is 0 Å². The van der Waals surface area contributed by atoms with E-state index >= 15 is 0 Å². The number of hydrogen-bond donors (Lipinski definition) is 2. The second-order valence-corrected chi connectivity index (χ2v) is 4.10. The van der Waals surface area contributed by atoms with E-state index in [1.54, 1.807) is 13.1 Å². The minimum Gasteiger partial charge on any atom is -0.397 e. The molecular formula is C12H18FN3O. The van der Waals surface area contributed by atoms with Crippen molar-refractivity contribution in [1.29, 1.82) is 0 Å². The standard InChI is InChI=1S/C12H18FN3O/c1-8(12(17)15-2)7-16(3)11-5-4-9(13)6-10(11)14/h4-6,8H,7,14H2,1-3H3,(H,15,17). The Morgan fingerprint density at radius 1 is 1.59 bits per heavy atom. The summed E-state index contributed by atoms with van der Waals surface area (Å²) in [6, 6.07) is 4.24. The Kier molecular flexibility index (Phi) is 4.31. The van der Waals surface area contributed by atoms with Crippen molar-refractivity contribution in [1.82, 2.24) is 5.32 Å². The van der Waals surface area contributed by atoms with Gasteiger partial charge in [-0.2, -0.15) is 0 Å². The predicted molar refractivity (Wildman–Crippen MR) is 67.3 cm³/mol. The van der Waals surface area contributed by atoms with E-state index in [9.17, 15) is 9.18 Å². The van der Waals surface area contributed by atoms with Crippen molar-refractivity contribution in [2.24, 2.45) is 5.92 Å². The molecule has 0 aromatic heterocycles. The van der Waals surface area contributed by atoms with Gasteiger partial charge in [-0.1, -0.05) is 6.92 Å². The van der Waals surface area contributed by atoms with Crippen LogP contribution in [-0.4, -0.2) is 26.5 Å². The van der Waals surface area contributed by atoms with Gasteiger partial charge in [-0.15, -0.1) is 0 Å². The van der Waals surface area contributed by atoms with E-state index in [0.717, 1.165) is 5.69 Å². The average molecular weight is 239 g/mol. The maximum atomic E-state index is 12.9. The van der Waals surface area contributed by atoms with Gasteiger partial charge in [-0.3, -0.25) is 4.79 Å². The molecule has 1 amide bonds. The van der Waals surface area contributed by atoms with Crippen molar-refractivity contribution in [3.05, 3.63) is 24.0 Å². The maximum absolute atomic E-state index is 12.9. The minimum atomic E-state index is -0.362. The van der Waals surface area contributed by atoms with Crippen LogP contribution in [0.1, 0.15) is 6.92 Å². The van der Waals surface area contributed by atoms with Gasteiger partial charge in [0.2, 0.25) is 5.91 Å². The second kappa shape index (κ2) is 5.52. The van der Waals surface area contributed by atoms with E-state index in [0.29, 0.717) is 12.2 Å². The second-order valence-electron chi connectivity index (χ2n) is 4.10. The minimum absolute atomic E-state index is 0.0301. The predicted octanol–water partition coefficient (Wildman–Crippen LogP) is 1.23. The smallest absolute Gasteiger partial charge is 0.224 e. The van der Waals surface area contributed by atoms with Gasteiger partial charge >= 0.3 is 0 Å². The number of nitrogen functional groups attached to an aromatic ring is 1. The lowest BCUT2D eigenvalue weighted by Gasteiger charge is -2.24. The Bertz CT molecular complexity index is 409. The number of carbonyl (C=O) groups excluding carboxylic acids is 1. The van der Waals surface area contributed by atoms with Crippen molar-refractivity contribution >= 4 is 17.3 Å². The molecule has 0 saturated carbocycles. The molecule has 5 heteroatoms. The summed E-state index contributed by atoms with van der Waals surface area (Å²) in [5.74, 6) is -0.550. The summed E-state index contributed by atoms with van der Waals surface area (Å²) in [5.41, 5.74) is 6.82. The molecule has 1 atom stereocenters. The van der Waals surface area contributed by atoms with Gasteiger partial charge < -0.3 is 16.0 Å². The van der Waals surface area contributed by atoms with Crippen LogP contribution < -0.4 is 16.0 Å². The molecule has 0 bridgehead atoms. The fraction of sp³-hybridized carbons (Fsp3) is 0.417. The first-order valence-corrected chi connectivity index (χ1v) is 5.43. The first kappa shape index (κ1) is 13.3. The van der Waals surface area contributed by atoms with Gasteiger partial charge in [0, 0.05) is 20.6 Å². The number of nitrogens with zero attached hydrogens (tertiary/aromatic N) is 1. The fourth-order valence-corrected chi connectivity index (χ4v) is 1.71. The van der Waals surface area contributed by atoms with Gasteiger partial charge in [0.25, 0.3) is 0 Å². The molecule has 0 radical (unpaired) electrons. The molecule has 0 aliphatic rings. The Balaban J connectivity index is 2.76. The van der Waals surface area contributed by atoms with Crippen LogP contribution in [0, 0.1) is 11.7 Å². The highest BCUT2D eigenvalue weighted by molar-refractivity contribution is 5.79. The molecule has 1 aromatic carbocycles. The lowest BCUT2D eigenvalue weighted by Crippen LogP contribution is -2.34. The molecule has 1 rings (SSSR count). The van der Waals surface area contributed by atoms with Gasteiger partial charge in [0.05, 0.1) is 17.3 Å². The fourth-order valence-electron chi connectivity index (χ4n) is 1.71. The Hall–Kier alpha value is -1.78. The van der Waals surface area contributed by atoms with Crippen molar-refractivity contribution < 1.29 is 9.18 Å². The highest BCUT2D eigenvalue weighted by Gasteiger charge is 2.15. The molecule has 0 aliphatic heterocycles. The molecule has 0 spiro atoms. The van der Waals surface area contributed by atoms with Gasteiger partial charge in [0.1, 0.15) is 5.82 Å². The van der Waals surface area contributed by atoms with Crippen LogP contribution in [0.25, 0.3) is 0 Å². The van der Waals surface area contributed by atoms with Gasteiger partial charge in [0.15, 0.2) is 0 Å². The van der Waals surface area contributed by atoms with Crippen LogP contribution in [0.3, 0.4) is 0 Å². The zero-order valence-electron chi connectivity index (χ0n) is 10.3. The molecule has 0 aliphatic carbocycles. The highest BCUT2D eigenvalue weighted by Crippen LogP contribution is 2.23. The Morgan fingerprint density at radius 2 is 2.24 bits per heavy atom. The molecule has 0 fully saturated rings. The molecule has 1 aromatic rings. The Morgan fingerprint density at radius 3 is 2.76 bits per heavy atom. The number of rotatable bonds is 4. The Labute approximate surface area is 101 Å². The summed E-state index contributed by atoms with van der Waals surface area (Å²) < 4.78 is 12.9. The number of benzene rings is 1. The third kappa shape index (κ3) is 3.34. The van der Waals surface area contributed by atoms with E-state index in [-0.39, 0.29) is 17.6 Å². The molecule has 3 N–H and O–H groups in total. The normalized spacial score (nSPS) is 12.0.